The molecular weight excluding hydrogens is 431 g/mol. The van der Waals surface area contributed by atoms with Gasteiger partial charge in [-0.2, -0.15) is 0 Å². The number of piperidine rings is 1. The Morgan fingerprint density at radius 3 is 2.34 bits per heavy atom. The van der Waals surface area contributed by atoms with Crippen LogP contribution in [0.4, 0.5) is 15.9 Å². The molecule has 0 spiro atoms. The summed E-state index contributed by atoms with van der Waals surface area (Å²) < 4.78 is 46.3. The molecule has 4 rings (SSSR count). The average Bonchev–Trinajstić information content (AvgIpc) is 2.80. The van der Waals surface area contributed by atoms with Crippen LogP contribution >= 0.6 is 0 Å². The predicted molar refractivity (Wildman–Crippen MR) is 122 cm³/mol. The second-order valence-electron chi connectivity index (χ2n) is 7.93. The van der Waals surface area contributed by atoms with Gasteiger partial charge in [-0.15, -0.1) is 10.2 Å². The number of ether oxygens (including phenoxy) is 1. The second-order valence-corrected chi connectivity index (χ2v) is 9.61. The third-order valence-corrected chi connectivity index (χ3v) is 7.00. The van der Waals surface area contributed by atoms with Crippen molar-refractivity contribution in [3.05, 3.63) is 60.4 Å². The van der Waals surface area contributed by atoms with E-state index < -0.39 is 15.8 Å². The molecule has 0 saturated carbocycles. The van der Waals surface area contributed by atoms with Gasteiger partial charge in [0.25, 0.3) is 10.0 Å². The molecule has 1 N–H and O–H groups in total. The number of nitrogens with zero attached hydrogens (tertiary/aromatic N) is 3. The first-order chi connectivity index (χ1) is 15.4. The molecule has 1 saturated heterocycles. The Hall–Kier alpha value is -3.20. The van der Waals surface area contributed by atoms with Crippen molar-refractivity contribution in [2.24, 2.45) is 5.92 Å². The predicted octanol–water partition coefficient (Wildman–Crippen LogP) is 4.33. The summed E-state index contributed by atoms with van der Waals surface area (Å²) in [6, 6.07) is 14.2. The number of hydrogen-bond acceptors (Lipinski definition) is 6. The van der Waals surface area contributed by atoms with Crippen LogP contribution in [0.15, 0.2) is 59.5 Å². The maximum absolute atomic E-state index is 13.9. The smallest absolute Gasteiger partial charge is 0.262 e. The third kappa shape index (κ3) is 4.83. The number of hydrogen-bond donors (Lipinski definition) is 1. The molecule has 168 valence electrons. The highest BCUT2D eigenvalue weighted by Crippen LogP contribution is 2.26. The van der Waals surface area contributed by atoms with Gasteiger partial charge in [0.1, 0.15) is 0 Å². The van der Waals surface area contributed by atoms with E-state index in [2.05, 4.69) is 26.7 Å². The summed E-state index contributed by atoms with van der Waals surface area (Å²) in [4.78, 5) is 2.06. The highest BCUT2D eigenvalue weighted by Gasteiger charge is 2.18. The maximum atomic E-state index is 13.9. The van der Waals surface area contributed by atoms with Crippen molar-refractivity contribution in [3.8, 4) is 17.0 Å². The topological polar surface area (TPSA) is 84.4 Å². The number of nitrogens with one attached hydrogen (secondary N) is 1. The van der Waals surface area contributed by atoms with Crippen LogP contribution in [0.5, 0.6) is 5.75 Å². The SMILES string of the molecule is COc1ccc(S(=O)(=O)Nc2ccc(-c3ccc(N4CCC(C)CC4)nn3)cc2)cc1F. The number of halogens is 1. The van der Waals surface area contributed by atoms with E-state index in [1.165, 1.54) is 19.2 Å². The molecule has 2 heterocycles. The summed E-state index contributed by atoms with van der Waals surface area (Å²) in [7, 11) is -2.62. The van der Waals surface area contributed by atoms with E-state index in [4.69, 9.17) is 4.74 Å². The van der Waals surface area contributed by atoms with Gasteiger partial charge in [-0.3, -0.25) is 4.72 Å². The molecule has 32 heavy (non-hydrogen) atoms. The number of aromatic nitrogens is 2. The normalized spacial score (nSPS) is 14.9. The molecular formula is C23H25FN4O3S. The van der Waals surface area contributed by atoms with Crippen LogP contribution in [0.1, 0.15) is 19.8 Å². The number of methoxy groups -OCH3 is 1. The van der Waals surface area contributed by atoms with E-state index >= 15 is 0 Å². The molecule has 9 heteroatoms. The van der Waals surface area contributed by atoms with Gasteiger partial charge in [-0.1, -0.05) is 19.1 Å². The fraction of sp³-hybridized carbons (Fsp3) is 0.304. The molecule has 0 bridgehead atoms. The van der Waals surface area contributed by atoms with E-state index in [-0.39, 0.29) is 10.6 Å². The van der Waals surface area contributed by atoms with E-state index in [9.17, 15) is 12.8 Å². The van der Waals surface area contributed by atoms with Gasteiger partial charge in [0.2, 0.25) is 0 Å². The fourth-order valence-corrected chi connectivity index (χ4v) is 4.69. The van der Waals surface area contributed by atoms with Crippen LogP contribution in [0.2, 0.25) is 0 Å². The minimum Gasteiger partial charge on any atom is -0.494 e. The van der Waals surface area contributed by atoms with Crippen LogP contribution in [0.3, 0.4) is 0 Å². The number of anilines is 2. The first-order valence-corrected chi connectivity index (χ1v) is 11.9. The van der Waals surface area contributed by atoms with Crippen LogP contribution in [-0.4, -0.2) is 38.8 Å². The van der Waals surface area contributed by atoms with Crippen LogP contribution in [0.25, 0.3) is 11.3 Å². The third-order valence-electron chi connectivity index (χ3n) is 5.62. The Labute approximate surface area is 187 Å². The molecule has 1 aliphatic heterocycles. The number of rotatable bonds is 6. The summed E-state index contributed by atoms with van der Waals surface area (Å²) in [6.45, 7) is 4.25. The molecule has 1 fully saturated rings. The minimum atomic E-state index is -3.94. The van der Waals surface area contributed by atoms with Gasteiger partial charge >= 0.3 is 0 Å². The Morgan fingerprint density at radius 2 is 1.75 bits per heavy atom. The van der Waals surface area contributed by atoms with Gasteiger partial charge in [-0.05, 0) is 61.2 Å². The van der Waals surface area contributed by atoms with Gasteiger partial charge < -0.3 is 9.64 Å². The van der Waals surface area contributed by atoms with Crippen molar-refractivity contribution < 1.29 is 17.5 Å². The molecule has 0 unspecified atom stereocenters. The van der Waals surface area contributed by atoms with Crippen molar-refractivity contribution in [2.45, 2.75) is 24.7 Å². The van der Waals surface area contributed by atoms with Crippen molar-refractivity contribution in [3.63, 3.8) is 0 Å². The Kier molecular flexibility index (Phi) is 6.27. The van der Waals surface area contributed by atoms with E-state index in [1.54, 1.807) is 24.3 Å². The number of benzene rings is 2. The highest BCUT2D eigenvalue weighted by molar-refractivity contribution is 7.92. The highest BCUT2D eigenvalue weighted by atomic mass is 32.2. The summed E-state index contributed by atoms with van der Waals surface area (Å²) in [5.74, 6) is 0.858. The standard InChI is InChI=1S/C23H25FN4O3S/c1-16-11-13-28(14-12-16)23-10-8-21(25-26-23)17-3-5-18(6-4-17)27-32(29,30)19-7-9-22(31-2)20(24)15-19/h3-10,15-16,27H,11-14H2,1-2H3. The van der Waals surface area contributed by atoms with E-state index in [0.717, 1.165) is 49.3 Å². The Balaban J connectivity index is 1.45. The number of sulfonamides is 1. The zero-order chi connectivity index (χ0) is 22.7. The molecule has 0 atom stereocenters. The summed E-state index contributed by atoms with van der Waals surface area (Å²) >= 11 is 0. The maximum Gasteiger partial charge on any atom is 0.262 e. The average molecular weight is 457 g/mol. The molecule has 7 nitrogen and oxygen atoms in total. The van der Waals surface area contributed by atoms with Crippen LogP contribution in [-0.2, 0) is 10.0 Å². The first kappa shape index (κ1) is 22.0. The molecule has 0 radical (unpaired) electrons. The zero-order valence-corrected chi connectivity index (χ0v) is 18.8. The Bertz CT molecular complexity index is 1180. The summed E-state index contributed by atoms with van der Waals surface area (Å²) in [5.41, 5.74) is 1.87. The summed E-state index contributed by atoms with van der Waals surface area (Å²) in [6.07, 6.45) is 2.31. The first-order valence-electron chi connectivity index (χ1n) is 10.4. The lowest BCUT2D eigenvalue weighted by Crippen LogP contribution is -2.33. The van der Waals surface area contributed by atoms with Gasteiger partial charge in [0.05, 0.1) is 17.7 Å². The molecule has 1 aliphatic rings. The zero-order valence-electron chi connectivity index (χ0n) is 18.0. The van der Waals surface area contributed by atoms with Crippen LogP contribution in [0, 0.1) is 11.7 Å². The largest absolute Gasteiger partial charge is 0.494 e. The summed E-state index contributed by atoms with van der Waals surface area (Å²) in [5, 5.41) is 8.70. The molecule has 2 aromatic carbocycles. The van der Waals surface area contributed by atoms with Gasteiger partial charge in [0.15, 0.2) is 17.4 Å². The van der Waals surface area contributed by atoms with Crippen molar-refractivity contribution >= 4 is 21.5 Å². The lowest BCUT2D eigenvalue weighted by molar-refractivity contribution is 0.385. The Morgan fingerprint density at radius 1 is 1.03 bits per heavy atom. The minimum absolute atomic E-state index is 0.0183. The van der Waals surface area contributed by atoms with E-state index in [1.807, 2.05) is 12.1 Å². The molecule has 3 aromatic rings. The molecule has 0 aliphatic carbocycles. The second kappa shape index (κ2) is 9.12. The van der Waals surface area contributed by atoms with Crippen molar-refractivity contribution in [1.82, 2.24) is 10.2 Å². The van der Waals surface area contributed by atoms with Crippen LogP contribution < -0.4 is 14.4 Å². The lowest BCUT2D eigenvalue weighted by Gasteiger charge is -2.30. The van der Waals surface area contributed by atoms with Gasteiger partial charge in [0, 0.05) is 24.3 Å². The van der Waals surface area contributed by atoms with Crippen molar-refractivity contribution in [1.29, 1.82) is 0 Å². The monoisotopic (exact) mass is 456 g/mol. The fourth-order valence-electron chi connectivity index (χ4n) is 3.62. The van der Waals surface area contributed by atoms with Gasteiger partial charge in [-0.25, -0.2) is 12.8 Å². The molecule has 1 aromatic heterocycles. The van der Waals surface area contributed by atoms with Crippen molar-refractivity contribution in [2.75, 3.05) is 29.8 Å². The van der Waals surface area contributed by atoms with E-state index in [0.29, 0.717) is 11.4 Å². The lowest BCUT2D eigenvalue weighted by atomic mass is 9.99. The molecule has 0 amide bonds. The quantitative estimate of drug-likeness (QED) is 0.594.